The lowest BCUT2D eigenvalue weighted by molar-refractivity contribution is 0.394. The summed E-state index contributed by atoms with van der Waals surface area (Å²) in [4.78, 5) is 0. The summed E-state index contributed by atoms with van der Waals surface area (Å²) in [5.74, 6) is 0.921. The van der Waals surface area contributed by atoms with E-state index in [0.717, 1.165) is 25.1 Å². The molecule has 1 rings (SSSR count). The van der Waals surface area contributed by atoms with Crippen LogP contribution in [0.25, 0.3) is 0 Å². The van der Waals surface area contributed by atoms with Gasteiger partial charge in [0.15, 0.2) is 5.75 Å². The van der Waals surface area contributed by atoms with Crippen molar-refractivity contribution in [1.82, 2.24) is 15.1 Å². The van der Waals surface area contributed by atoms with Gasteiger partial charge in [0.1, 0.15) is 0 Å². The van der Waals surface area contributed by atoms with E-state index in [2.05, 4.69) is 42.8 Å². The Kier molecular flexibility index (Phi) is 7.67. The molecule has 0 bridgehead atoms. The predicted octanol–water partition coefficient (Wildman–Crippen LogP) is 3.57. The monoisotopic (exact) mass is 281 g/mol. The van der Waals surface area contributed by atoms with E-state index in [1.54, 1.807) is 7.11 Å². The number of hydrogen-bond donors (Lipinski definition) is 1. The molecular weight excluding hydrogens is 250 g/mol. The van der Waals surface area contributed by atoms with Crippen LogP contribution >= 0.6 is 0 Å². The third kappa shape index (κ3) is 4.82. The molecule has 1 heterocycles. The Morgan fingerprint density at radius 3 is 2.55 bits per heavy atom. The van der Waals surface area contributed by atoms with Crippen molar-refractivity contribution < 1.29 is 4.74 Å². The highest BCUT2D eigenvalue weighted by Crippen LogP contribution is 2.23. The van der Waals surface area contributed by atoms with Crippen LogP contribution in [0.1, 0.15) is 65.1 Å². The zero-order valence-corrected chi connectivity index (χ0v) is 13.8. The molecule has 1 atom stereocenters. The normalized spacial score (nSPS) is 12.9. The number of aromatic nitrogens is 2. The van der Waals surface area contributed by atoms with Crippen molar-refractivity contribution >= 4 is 0 Å². The van der Waals surface area contributed by atoms with Gasteiger partial charge in [0.2, 0.25) is 0 Å². The van der Waals surface area contributed by atoms with Crippen LogP contribution in [0.2, 0.25) is 0 Å². The second-order valence-electron chi connectivity index (χ2n) is 5.68. The SMILES string of the molecule is CCCNC(CCC)CCc1c(OC)cnn1C(C)C. The third-order valence-corrected chi connectivity index (χ3v) is 3.62. The average Bonchev–Trinajstić information content (AvgIpc) is 2.85. The van der Waals surface area contributed by atoms with Crippen molar-refractivity contribution in [3.63, 3.8) is 0 Å². The minimum absolute atomic E-state index is 0.377. The summed E-state index contributed by atoms with van der Waals surface area (Å²) >= 11 is 0. The van der Waals surface area contributed by atoms with E-state index in [1.165, 1.54) is 25.0 Å². The summed E-state index contributed by atoms with van der Waals surface area (Å²) in [5.41, 5.74) is 1.22. The highest BCUT2D eigenvalue weighted by Gasteiger charge is 2.15. The fourth-order valence-corrected chi connectivity index (χ4v) is 2.58. The molecule has 0 saturated carbocycles. The molecule has 1 unspecified atom stereocenters. The summed E-state index contributed by atoms with van der Waals surface area (Å²) in [6.45, 7) is 9.89. The van der Waals surface area contributed by atoms with Crippen LogP contribution in [-0.4, -0.2) is 29.5 Å². The number of nitrogens with zero attached hydrogens (tertiary/aromatic N) is 2. The maximum absolute atomic E-state index is 5.45. The Labute approximate surface area is 123 Å². The molecule has 0 fully saturated rings. The van der Waals surface area contributed by atoms with E-state index in [1.807, 2.05) is 6.20 Å². The summed E-state index contributed by atoms with van der Waals surface area (Å²) in [5, 5.41) is 8.09. The summed E-state index contributed by atoms with van der Waals surface area (Å²) in [7, 11) is 1.73. The smallest absolute Gasteiger partial charge is 0.159 e. The van der Waals surface area contributed by atoms with Gasteiger partial charge in [-0.2, -0.15) is 5.10 Å². The highest BCUT2D eigenvalue weighted by molar-refractivity contribution is 5.25. The number of ether oxygens (including phenoxy) is 1. The van der Waals surface area contributed by atoms with Gasteiger partial charge in [0.25, 0.3) is 0 Å². The lowest BCUT2D eigenvalue weighted by Crippen LogP contribution is -2.30. The maximum atomic E-state index is 5.45. The van der Waals surface area contributed by atoms with Gasteiger partial charge in [0, 0.05) is 12.1 Å². The van der Waals surface area contributed by atoms with Crippen LogP contribution in [0, 0.1) is 0 Å². The second-order valence-corrected chi connectivity index (χ2v) is 5.68. The van der Waals surface area contributed by atoms with Gasteiger partial charge in [-0.1, -0.05) is 20.3 Å². The highest BCUT2D eigenvalue weighted by atomic mass is 16.5. The topological polar surface area (TPSA) is 39.1 Å². The molecule has 0 aliphatic heterocycles. The number of rotatable bonds is 10. The molecule has 1 aromatic heterocycles. The molecule has 0 radical (unpaired) electrons. The molecule has 0 aromatic carbocycles. The van der Waals surface area contributed by atoms with Gasteiger partial charge in [0.05, 0.1) is 19.0 Å². The molecule has 0 aliphatic carbocycles. The Bertz CT molecular complexity index is 374. The molecule has 1 N–H and O–H groups in total. The van der Waals surface area contributed by atoms with E-state index < -0.39 is 0 Å². The first kappa shape index (κ1) is 17.0. The van der Waals surface area contributed by atoms with Crippen LogP contribution in [0.4, 0.5) is 0 Å². The molecule has 116 valence electrons. The van der Waals surface area contributed by atoms with Crippen molar-refractivity contribution in [2.75, 3.05) is 13.7 Å². The Hall–Kier alpha value is -1.03. The molecule has 4 nitrogen and oxygen atoms in total. The Morgan fingerprint density at radius 1 is 1.25 bits per heavy atom. The van der Waals surface area contributed by atoms with Crippen LogP contribution in [0.15, 0.2) is 6.20 Å². The molecule has 20 heavy (non-hydrogen) atoms. The van der Waals surface area contributed by atoms with Crippen molar-refractivity contribution in [2.45, 2.75) is 71.9 Å². The van der Waals surface area contributed by atoms with E-state index in [4.69, 9.17) is 4.74 Å². The van der Waals surface area contributed by atoms with Crippen LogP contribution < -0.4 is 10.1 Å². The molecule has 0 saturated heterocycles. The molecular formula is C16H31N3O. The van der Waals surface area contributed by atoms with Gasteiger partial charge >= 0.3 is 0 Å². The standard InChI is InChI=1S/C16H31N3O/c1-6-8-14(17-11-7-2)9-10-15-16(20-5)12-18-19(15)13(3)4/h12-14,17H,6-11H2,1-5H3. The van der Waals surface area contributed by atoms with Crippen molar-refractivity contribution in [1.29, 1.82) is 0 Å². The minimum Gasteiger partial charge on any atom is -0.493 e. The minimum atomic E-state index is 0.377. The second kappa shape index (κ2) is 9.01. The number of hydrogen-bond acceptors (Lipinski definition) is 3. The lowest BCUT2D eigenvalue weighted by Gasteiger charge is -2.19. The first-order valence-corrected chi connectivity index (χ1v) is 7.97. The van der Waals surface area contributed by atoms with E-state index in [-0.39, 0.29) is 0 Å². The lowest BCUT2D eigenvalue weighted by atomic mass is 10.0. The number of nitrogens with one attached hydrogen (secondary N) is 1. The van der Waals surface area contributed by atoms with Gasteiger partial charge in [-0.25, -0.2) is 0 Å². The van der Waals surface area contributed by atoms with Crippen LogP contribution in [0.5, 0.6) is 5.75 Å². The molecule has 1 aromatic rings. The summed E-state index contributed by atoms with van der Waals surface area (Å²) < 4.78 is 7.53. The van der Waals surface area contributed by atoms with E-state index in [9.17, 15) is 0 Å². The maximum Gasteiger partial charge on any atom is 0.159 e. The van der Waals surface area contributed by atoms with Gasteiger partial charge < -0.3 is 10.1 Å². The van der Waals surface area contributed by atoms with E-state index in [0.29, 0.717) is 12.1 Å². The first-order valence-electron chi connectivity index (χ1n) is 7.97. The zero-order chi connectivity index (χ0) is 15.0. The van der Waals surface area contributed by atoms with Crippen molar-refractivity contribution in [3.8, 4) is 5.75 Å². The molecule has 0 spiro atoms. The summed E-state index contributed by atoms with van der Waals surface area (Å²) in [6.07, 6.45) is 7.64. The quantitative estimate of drug-likeness (QED) is 0.712. The molecule has 4 heteroatoms. The Balaban J connectivity index is 2.68. The number of methoxy groups -OCH3 is 1. The summed E-state index contributed by atoms with van der Waals surface area (Å²) in [6, 6.07) is 0.974. The fourth-order valence-electron chi connectivity index (χ4n) is 2.58. The molecule has 0 amide bonds. The van der Waals surface area contributed by atoms with Crippen LogP contribution in [-0.2, 0) is 6.42 Å². The third-order valence-electron chi connectivity index (χ3n) is 3.62. The van der Waals surface area contributed by atoms with Gasteiger partial charge in [-0.15, -0.1) is 0 Å². The molecule has 0 aliphatic rings. The van der Waals surface area contributed by atoms with Gasteiger partial charge in [-0.05, 0) is 46.1 Å². The van der Waals surface area contributed by atoms with Crippen molar-refractivity contribution in [3.05, 3.63) is 11.9 Å². The largest absolute Gasteiger partial charge is 0.493 e. The predicted molar refractivity (Wildman–Crippen MR) is 84.5 cm³/mol. The first-order chi connectivity index (χ1) is 9.63. The van der Waals surface area contributed by atoms with Gasteiger partial charge in [-0.3, -0.25) is 4.68 Å². The Morgan fingerprint density at radius 2 is 2.00 bits per heavy atom. The zero-order valence-electron chi connectivity index (χ0n) is 13.8. The van der Waals surface area contributed by atoms with Crippen molar-refractivity contribution in [2.24, 2.45) is 0 Å². The van der Waals surface area contributed by atoms with Crippen LogP contribution in [0.3, 0.4) is 0 Å². The fraction of sp³-hybridized carbons (Fsp3) is 0.812. The average molecular weight is 281 g/mol. The van der Waals surface area contributed by atoms with E-state index >= 15 is 0 Å².